The van der Waals surface area contributed by atoms with Gasteiger partial charge >= 0.3 is 0 Å². The fraction of sp³-hybridized carbons (Fsp3) is 0.333. The van der Waals surface area contributed by atoms with Crippen LogP contribution in [-0.2, 0) is 19.5 Å². The molecule has 2 heterocycles. The summed E-state index contributed by atoms with van der Waals surface area (Å²) < 4.78 is 13.7. The largest absolute Gasteiger partial charge is 0.335 e. The van der Waals surface area contributed by atoms with E-state index >= 15 is 0 Å². The van der Waals surface area contributed by atoms with Crippen LogP contribution in [0.2, 0.25) is 0 Å². The Kier molecular flexibility index (Phi) is 3.73. The standard InChI is InChI=1S/C15H16FN3OS/c1-9-6-10(2-3-12(9)16)7-19-5-4-13-11(8-19)14(20)18-15(21)17-13/h2-3,6H,4-5,7-8H2,1H3,(H2,17,18,20,21). The molecule has 1 aliphatic heterocycles. The summed E-state index contributed by atoms with van der Waals surface area (Å²) in [6, 6.07) is 5.14. The van der Waals surface area contributed by atoms with E-state index < -0.39 is 0 Å². The van der Waals surface area contributed by atoms with Gasteiger partial charge in [-0.2, -0.15) is 0 Å². The Morgan fingerprint density at radius 2 is 2.19 bits per heavy atom. The van der Waals surface area contributed by atoms with Crippen LogP contribution in [0, 0.1) is 17.5 Å². The topological polar surface area (TPSA) is 51.9 Å². The van der Waals surface area contributed by atoms with Crippen molar-refractivity contribution in [1.29, 1.82) is 0 Å². The van der Waals surface area contributed by atoms with E-state index in [0.29, 0.717) is 23.4 Å². The molecule has 0 unspecified atom stereocenters. The van der Waals surface area contributed by atoms with Crippen LogP contribution in [-0.4, -0.2) is 21.4 Å². The van der Waals surface area contributed by atoms with Crippen molar-refractivity contribution in [2.45, 2.75) is 26.4 Å². The molecule has 0 saturated heterocycles. The number of nitrogens with one attached hydrogen (secondary N) is 2. The Bertz CT molecular complexity index is 796. The van der Waals surface area contributed by atoms with Gasteiger partial charge in [0.2, 0.25) is 0 Å². The first-order valence-electron chi connectivity index (χ1n) is 6.84. The smallest absolute Gasteiger partial charge is 0.256 e. The Balaban J connectivity index is 1.81. The highest BCUT2D eigenvalue weighted by Crippen LogP contribution is 2.17. The number of aryl methyl sites for hydroxylation is 1. The van der Waals surface area contributed by atoms with E-state index in [4.69, 9.17) is 12.2 Å². The van der Waals surface area contributed by atoms with Gasteiger partial charge in [-0.3, -0.25) is 14.7 Å². The maximum atomic E-state index is 13.3. The van der Waals surface area contributed by atoms with Crippen molar-refractivity contribution in [3.63, 3.8) is 0 Å². The Hall–Kier alpha value is -1.79. The normalized spacial score (nSPS) is 15.0. The summed E-state index contributed by atoms with van der Waals surface area (Å²) in [5, 5.41) is 0. The third-order valence-electron chi connectivity index (χ3n) is 3.82. The molecular weight excluding hydrogens is 289 g/mol. The van der Waals surface area contributed by atoms with Gasteiger partial charge in [0.1, 0.15) is 5.82 Å². The summed E-state index contributed by atoms with van der Waals surface area (Å²) in [6.45, 7) is 3.89. The van der Waals surface area contributed by atoms with Gasteiger partial charge in [0.05, 0.1) is 5.56 Å². The zero-order valence-corrected chi connectivity index (χ0v) is 12.5. The Morgan fingerprint density at radius 3 is 2.95 bits per heavy atom. The molecule has 110 valence electrons. The third kappa shape index (κ3) is 2.96. The first-order chi connectivity index (χ1) is 10.0. The highest BCUT2D eigenvalue weighted by Gasteiger charge is 2.19. The lowest BCUT2D eigenvalue weighted by molar-refractivity contribution is 0.241. The van der Waals surface area contributed by atoms with Crippen LogP contribution >= 0.6 is 12.2 Å². The molecule has 0 atom stereocenters. The highest BCUT2D eigenvalue weighted by atomic mass is 32.1. The molecule has 0 aliphatic carbocycles. The number of fused-ring (bicyclic) bond motifs is 1. The van der Waals surface area contributed by atoms with Crippen molar-refractivity contribution in [2.24, 2.45) is 0 Å². The van der Waals surface area contributed by atoms with Crippen LogP contribution in [0.15, 0.2) is 23.0 Å². The molecule has 2 N–H and O–H groups in total. The number of nitrogens with zero attached hydrogens (tertiary/aromatic N) is 1. The molecule has 6 heteroatoms. The van der Waals surface area contributed by atoms with E-state index in [-0.39, 0.29) is 11.4 Å². The fourth-order valence-electron chi connectivity index (χ4n) is 2.71. The molecule has 4 nitrogen and oxygen atoms in total. The quantitative estimate of drug-likeness (QED) is 0.838. The minimum atomic E-state index is -0.188. The van der Waals surface area contributed by atoms with Gasteiger partial charge in [0.15, 0.2) is 4.77 Å². The van der Waals surface area contributed by atoms with Crippen LogP contribution in [0.1, 0.15) is 22.4 Å². The molecule has 1 aromatic heterocycles. The number of halogens is 1. The fourth-order valence-corrected chi connectivity index (χ4v) is 2.93. The van der Waals surface area contributed by atoms with Gasteiger partial charge in [-0.05, 0) is 36.3 Å². The molecule has 0 radical (unpaired) electrons. The number of aromatic nitrogens is 2. The summed E-state index contributed by atoms with van der Waals surface area (Å²) >= 11 is 4.99. The van der Waals surface area contributed by atoms with Crippen LogP contribution in [0.4, 0.5) is 4.39 Å². The number of aromatic amines is 2. The Morgan fingerprint density at radius 1 is 1.38 bits per heavy atom. The SMILES string of the molecule is Cc1cc(CN2CCc3[nH]c(=S)[nH]c(=O)c3C2)ccc1F. The minimum Gasteiger partial charge on any atom is -0.335 e. The monoisotopic (exact) mass is 305 g/mol. The summed E-state index contributed by atoms with van der Waals surface area (Å²) in [6.07, 6.45) is 0.767. The molecule has 0 amide bonds. The van der Waals surface area contributed by atoms with Crippen molar-refractivity contribution >= 4 is 12.2 Å². The van der Waals surface area contributed by atoms with Crippen LogP contribution in [0.25, 0.3) is 0 Å². The van der Waals surface area contributed by atoms with Crippen molar-refractivity contribution < 1.29 is 4.39 Å². The summed E-state index contributed by atoms with van der Waals surface area (Å²) in [5.74, 6) is -0.188. The average molecular weight is 305 g/mol. The van der Waals surface area contributed by atoms with Crippen molar-refractivity contribution in [3.05, 3.63) is 61.5 Å². The molecule has 21 heavy (non-hydrogen) atoms. The summed E-state index contributed by atoms with van der Waals surface area (Å²) in [5.41, 5.74) is 3.25. The lowest BCUT2D eigenvalue weighted by atomic mass is 10.1. The first-order valence-corrected chi connectivity index (χ1v) is 7.25. The van der Waals surface area contributed by atoms with Gasteiger partial charge in [0.25, 0.3) is 5.56 Å². The number of benzene rings is 1. The van der Waals surface area contributed by atoms with Gasteiger partial charge in [0, 0.05) is 31.7 Å². The second-order valence-corrected chi connectivity index (χ2v) is 5.82. The second-order valence-electron chi connectivity index (χ2n) is 5.41. The van der Waals surface area contributed by atoms with Gasteiger partial charge in [-0.25, -0.2) is 4.39 Å². The minimum absolute atomic E-state index is 0.117. The molecule has 1 aromatic carbocycles. The molecule has 1 aliphatic rings. The molecular formula is C15H16FN3OS. The maximum absolute atomic E-state index is 13.3. The van der Waals surface area contributed by atoms with Gasteiger partial charge in [-0.15, -0.1) is 0 Å². The summed E-state index contributed by atoms with van der Waals surface area (Å²) in [7, 11) is 0. The lowest BCUT2D eigenvalue weighted by Crippen LogP contribution is -2.35. The number of hydrogen-bond donors (Lipinski definition) is 2. The molecule has 2 aromatic rings. The average Bonchev–Trinajstić information content (AvgIpc) is 2.43. The Labute approximate surface area is 126 Å². The van der Waals surface area contributed by atoms with E-state index in [0.717, 1.165) is 29.8 Å². The number of H-pyrrole nitrogens is 2. The van der Waals surface area contributed by atoms with Crippen molar-refractivity contribution in [3.8, 4) is 0 Å². The molecule has 0 spiro atoms. The predicted octanol–water partition coefficient (Wildman–Crippen LogP) is 2.44. The predicted molar refractivity (Wildman–Crippen MR) is 81.2 cm³/mol. The maximum Gasteiger partial charge on any atom is 0.256 e. The zero-order valence-electron chi connectivity index (χ0n) is 11.7. The van der Waals surface area contributed by atoms with E-state index in [9.17, 15) is 9.18 Å². The highest BCUT2D eigenvalue weighted by molar-refractivity contribution is 7.71. The van der Waals surface area contributed by atoms with E-state index in [1.807, 2.05) is 6.07 Å². The van der Waals surface area contributed by atoms with Crippen molar-refractivity contribution in [1.82, 2.24) is 14.9 Å². The molecule has 0 fully saturated rings. The summed E-state index contributed by atoms with van der Waals surface area (Å²) in [4.78, 5) is 19.8. The van der Waals surface area contributed by atoms with Crippen LogP contribution < -0.4 is 5.56 Å². The third-order valence-corrected chi connectivity index (χ3v) is 4.02. The van der Waals surface area contributed by atoms with E-state index in [1.54, 1.807) is 13.0 Å². The molecule has 0 saturated carbocycles. The van der Waals surface area contributed by atoms with Crippen LogP contribution in [0.3, 0.4) is 0 Å². The van der Waals surface area contributed by atoms with Gasteiger partial charge in [-0.1, -0.05) is 12.1 Å². The van der Waals surface area contributed by atoms with E-state index in [2.05, 4.69) is 14.9 Å². The van der Waals surface area contributed by atoms with Crippen LogP contribution in [0.5, 0.6) is 0 Å². The number of rotatable bonds is 2. The molecule has 3 rings (SSSR count). The van der Waals surface area contributed by atoms with Gasteiger partial charge < -0.3 is 4.98 Å². The van der Waals surface area contributed by atoms with E-state index in [1.165, 1.54) is 6.07 Å². The van der Waals surface area contributed by atoms with Crippen molar-refractivity contribution in [2.75, 3.05) is 6.54 Å². The number of hydrogen-bond acceptors (Lipinski definition) is 3. The zero-order chi connectivity index (χ0) is 15.0. The lowest BCUT2D eigenvalue weighted by Gasteiger charge is -2.27. The molecule has 0 bridgehead atoms. The second kappa shape index (κ2) is 5.54. The first kappa shape index (κ1) is 14.2.